The summed E-state index contributed by atoms with van der Waals surface area (Å²) in [6.07, 6.45) is 6.73. The van der Waals surface area contributed by atoms with Crippen LogP contribution in [0.1, 0.15) is 35.6 Å². The Morgan fingerprint density at radius 3 is 3.00 bits per heavy atom. The molecule has 0 saturated carbocycles. The summed E-state index contributed by atoms with van der Waals surface area (Å²) in [4.78, 5) is 4.14. The van der Waals surface area contributed by atoms with E-state index in [0.717, 1.165) is 40.9 Å². The number of ether oxygens (including phenoxy) is 1. The number of nitriles is 1. The van der Waals surface area contributed by atoms with Gasteiger partial charge in [0.1, 0.15) is 16.9 Å². The van der Waals surface area contributed by atoms with E-state index >= 15 is 0 Å². The molecule has 1 atom stereocenters. The van der Waals surface area contributed by atoms with E-state index in [2.05, 4.69) is 16.2 Å². The molecule has 5 rings (SSSR count). The van der Waals surface area contributed by atoms with E-state index in [-0.39, 0.29) is 6.10 Å². The first-order valence-corrected chi connectivity index (χ1v) is 9.76. The van der Waals surface area contributed by atoms with Gasteiger partial charge < -0.3 is 4.74 Å². The predicted molar refractivity (Wildman–Crippen MR) is 104 cm³/mol. The Morgan fingerprint density at radius 1 is 1.19 bits per heavy atom. The minimum absolute atomic E-state index is 0.0127. The summed E-state index contributed by atoms with van der Waals surface area (Å²) in [7, 11) is 0. The first-order chi connectivity index (χ1) is 13.3. The van der Waals surface area contributed by atoms with Crippen LogP contribution in [0.4, 0.5) is 0 Å². The summed E-state index contributed by atoms with van der Waals surface area (Å²) in [6, 6.07) is 14.2. The van der Waals surface area contributed by atoms with Crippen LogP contribution in [0.15, 0.2) is 54.3 Å². The summed E-state index contributed by atoms with van der Waals surface area (Å²) in [6.45, 7) is 0. The minimum Gasteiger partial charge on any atom is -0.486 e. The van der Waals surface area contributed by atoms with Crippen LogP contribution in [0, 0.1) is 11.3 Å². The summed E-state index contributed by atoms with van der Waals surface area (Å²) in [5.41, 5.74) is 5.94. The number of hydrogen-bond donors (Lipinski definition) is 0. The molecule has 0 spiro atoms. The number of aryl methyl sites for hydroxylation is 1. The van der Waals surface area contributed by atoms with Gasteiger partial charge in [-0.15, -0.1) is 11.3 Å². The van der Waals surface area contributed by atoms with E-state index in [4.69, 9.17) is 10.00 Å². The first kappa shape index (κ1) is 16.0. The van der Waals surface area contributed by atoms with E-state index in [1.807, 2.05) is 53.5 Å². The average Bonchev–Trinajstić information content (AvgIpc) is 3.37. The molecule has 0 amide bonds. The Kier molecular flexibility index (Phi) is 3.88. The Bertz CT molecular complexity index is 1160. The fraction of sp³-hybridized carbons (Fsp3) is 0.190. The number of aromatic nitrogens is 3. The molecular weight excluding hydrogens is 356 g/mol. The third kappa shape index (κ3) is 2.86. The molecule has 27 heavy (non-hydrogen) atoms. The zero-order valence-corrected chi connectivity index (χ0v) is 15.3. The van der Waals surface area contributed by atoms with Gasteiger partial charge in [-0.1, -0.05) is 6.07 Å². The van der Waals surface area contributed by atoms with E-state index in [9.17, 15) is 0 Å². The van der Waals surface area contributed by atoms with Crippen molar-refractivity contribution in [2.75, 3.05) is 0 Å². The summed E-state index contributed by atoms with van der Waals surface area (Å²) < 4.78 is 8.27. The zero-order chi connectivity index (χ0) is 18.2. The van der Waals surface area contributed by atoms with Crippen LogP contribution >= 0.6 is 11.3 Å². The lowest BCUT2D eigenvalue weighted by Crippen LogP contribution is -2.15. The maximum absolute atomic E-state index is 9.13. The molecular formula is C21H16N4OS. The van der Waals surface area contributed by atoms with E-state index in [1.165, 1.54) is 11.1 Å². The SMILES string of the molecule is N#Cc1ccc2c(c1)CCCC2Oc1ccc2cnn(-c3cncs3)c2c1. The highest BCUT2D eigenvalue weighted by Gasteiger charge is 2.22. The molecule has 1 aliphatic carbocycles. The quantitative estimate of drug-likeness (QED) is 0.518. The van der Waals surface area contributed by atoms with Gasteiger partial charge in [0.2, 0.25) is 0 Å². The molecule has 2 heterocycles. The number of nitrogens with zero attached hydrogens (tertiary/aromatic N) is 4. The summed E-state index contributed by atoms with van der Waals surface area (Å²) in [5, 5.41) is 15.7. The summed E-state index contributed by atoms with van der Waals surface area (Å²) in [5.74, 6) is 0.830. The second kappa shape index (κ2) is 6.53. The van der Waals surface area contributed by atoms with E-state index in [1.54, 1.807) is 16.8 Å². The number of fused-ring (bicyclic) bond motifs is 2. The molecule has 0 N–H and O–H groups in total. The van der Waals surface area contributed by atoms with Crippen LogP contribution in [0.3, 0.4) is 0 Å². The molecule has 5 nitrogen and oxygen atoms in total. The molecule has 0 aliphatic heterocycles. The van der Waals surface area contributed by atoms with E-state index < -0.39 is 0 Å². The van der Waals surface area contributed by atoms with Gasteiger partial charge >= 0.3 is 0 Å². The Balaban J connectivity index is 1.49. The van der Waals surface area contributed by atoms with Crippen LogP contribution in [-0.4, -0.2) is 14.8 Å². The van der Waals surface area contributed by atoms with Gasteiger partial charge in [0.25, 0.3) is 0 Å². The monoisotopic (exact) mass is 372 g/mol. The highest BCUT2D eigenvalue weighted by Crippen LogP contribution is 2.35. The van der Waals surface area contributed by atoms with Gasteiger partial charge in [-0.3, -0.25) is 4.98 Å². The van der Waals surface area contributed by atoms with Crippen molar-refractivity contribution >= 4 is 22.2 Å². The van der Waals surface area contributed by atoms with Crippen molar-refractivity contribution in [2.24, 2.45) is 0 Å². The molecule has 1 aliphatic rings. The van der Waals surface area contributed by atoms with Crippen molar-refractivity contribution in [3.8, 4) is 16.8 Å². The Hall–Kier alpha value is -3.17. The van der Waals surface area contributed by atoms with Crippen LogP contribution in [0.25, 0.3) is 15.9 Å². The van der Waals surface area contributed by atoms with Crippen molar-refractivity contribution in [3.63, 3.8) is 0 Å². The lowest BCUT2D eigenvalue weighted by molar-refractivity contribution is 0.183. The van der Waals surface area contributed by atoms with Crippen molar-refractivity contribution in [1.29, 1.82) is 5.26 Å². The normalized spacial score (nSPS) is 16.0. The molecule has 0 fully saturated rings. The second-order valence-electron chi connectivity index (χ2n) is 6.64. The minimum atomic E-state index is 0.0127. The second-order valence-corrected chi connectivity index (χ2v) is 7.51. The topological polar surface area (TPSA) is 63.7 Å². The van der Waals surface area contributed by atoms with Crippen molar-refractivity contribution < 1.29 is 4.74 Å². The maximum Gasteiger partial charge on any atom is 0.138 e. The first-order valence-electron chi connectivity index (χ1n) is 8.88. The summed E-state index contributed by atoms with van der Waals surface area (Å²) >= 11 is 1.55. The highest BCUT2D eigenvalue weighted by atomic mass is 32.1. The third-order valence-corrected chi connectivity index (χ3v) is 5.73. The average molecular weight is 372 g/mol. The molecule has 0 saturated heterocycles. The van der Waals surface area contributed by atoms with Crippen LogP contribution < -0.4 is 4.74 Å². The fourth-order valence-electron chi connectivity index (χ4n) is 3.69. The van der Waals surface area contributed by atoms with Gasteiger partial charge in [0, 0.05) is 11.5 Å². The zero-order valence-electron chi connectivity index (χ0n) is 14.5. The third-order valence-electron chi connectivity index (χ3n) is 4.98. The molecule has 2 aromatic carbocycles. The van der Waals surface area contributed by atoms with E-state index in [0.29, 0.717) is 5.56 Å². The van der Waals surface area contributed by atoms with Crippen LogP contribution in [0.5, 0.6) is 5.75 Å². The molecule has 0 bridgehead atoms. The molecule has 6 heteroatoms. The number of hydrogen-bond acceptors (Lipinski definition) is 5. The Labute approximate surface area is 160 Å². The van der Waals surface area contributed by atoms with Gasteiger partial charge in [-0.05, 0) is 54.7 Å². The largest absolute Gasteiger partial charge is 0.486 e. The van der Waals surface area contributed by atoms with Crippen LogP contribution in [0.2, 0.25) is 0 Å². The lowest BCUT2D eigenvalue weighted by Gasteiger charge is -2.26. The number of thiazole rings is 1. The highest BCUT2D eigenvalue weighted by molar-refractivity contribution is 7.12. The smallest absolute Gasteiger partial charge is 0.138 e. The number of benzene rings is 2. The Morgan fingerprint density at radius 2 is 2.15 bits per heavy atom. The molecule has 4 aromatic rings. The lowest BCUT2D eigenvalue weighted by atomic mass is 9.88. The fourth-order valence-corrected chi connectivity index (χ4v) is 4.28. The van der Waals surface area contributed by atoms with Crippen molar-refractivity contribution in [3.05, 3.63) is 71.0 Å². The number of rotatable bonds is 3. The van der Waals surface area contributed by atoms with Crippen molar-refractivity contribution in [2.45, 2.75) is 25.4 Å². The standard InChI is InChI=1S/C21H16N4OS/c22-10-14-4-7-18-15(8-14)2-1-3-20(18)26-17-6-5-16-11-24-25(19(16)9-17)21-12-23-13-27-21/h4-9,11-13,20H,1-3H2. The maximum atomic E-state index is 9.13. The molecule has 1 unspecified atom stereocenters. The predicted octanol–water partition coefficient (Wildman–Crippen LogP) is 4.81. The molecule has 2 aromatic heterocycles. The molecule has 0 radical (unpaired) electrons. The molecule has 132 valence electrons. The van der Waals surface area contributed by atoms with Gasteiger partial charge in [0.05, 0.1) is 35.1 Å². The van der Waals surface area contributed by atoms with Gasteiger partial charge in [0.15, 0.2) is 0 Å². The van der Waals surface area contributed by atoms with Gasteiger partial charge in [-0.2, -0.15) is 10.4 Å². The van der Waals surface area contributed by atoms with Crippen molar-refractivity contribution in [1.82, 2.24) is 14.8 Å². The van der Waals surface area contributed by atoms with Gasteiger partial charge in [-0.25, -0.2) is 4.68 Å². The van der Waals surface area contributed by atoms with Crippen LogP contribution in [-0.2, 0) is 6.42 Å².